The van der Waals surface area contributed by atoms with Crippen LogP contribution in [-0.2, 0) is 13.1 Å². The summed E-state index contributed by atoms with van der Waals surface area (Å²) in [6.45, 7) is 1.86. The van der Waals surface area contributed by atoms with Crippen molar-refractivity contribution in [3.8, 4) is 18.1 Å². The van der Waals surface area contributed by atoms with E-state index in [0.29, 0.717) is 6.61 Å². The molecular weight excluding hydrogens is 244 g/mol. The lowest BCUT2D eigenvalue weighted by atomic mass is 10.2. The molecule has 18 heavy (non-hydrogen) atoms. The van der Waals surface area contributed by atoms with Crippen molar-refractivity contribution in [3.05, 3.63) is 46.4 Å². The molecular formula is C14H14N2OS. The van der Waals surface area contributed by atoms with E-state index >= 15 is 0 Å². The zero-order valence-electron chi connectivity index (χ0n) is 9.93. The van der Waals surface area contributed by atoms with E-state index in [1.807, 2.05) is 36.0 Å². The minimum atomic E-state index is 0.297. The fourth-order valence-electron chi connectivity index (χ4n) is 1.56. The van der Waals surface area contributed by atoms with Crippen LogP contribution >= 0.6 is 11.3 Å². The van der Waals surface area contributed by atoms with E-state index in [4.69, 9.17) is 11.2 Å². The van der Waals surface area contributed by atoms with Crippen molar-refractivity contribution in [2.45, 2.75) is 13.1 Å². The van der Waals surface area contributed by atoms with Crippen LogP contribution in [-0.4, -0.2) is 11.6 Å². The Kier molecular flexibility index (Phi) is 4.77. The Balaban J connectivity index is 1.90. The summed E-state index contributed by atoms with van der Waals surface area (Å²) < 4.78 is 5.49. The third-order valence-electron chi connectivity index (χ3n) is 2.38. The van der Waals surface area contributed by atoms with Gasteiger partial charge in [0.05, 0.1) is 5.51 Å². The molecule has 1 N–H and O–H groups in total. The molecule has 0 spiro atoms. The lowest BCUT2D eigenvalue weighted by molar-refractivity contribution is 0.365. The van der Waals surface area contributed by atoms with E-state index in [0.717, 1.165) is 24.4 Å². The highest BCUT2D eigenvalue weighted by Gasteiger charge is 2.02. The highest BCUT2D eigenvalue weighted by molar-refractivity contribution is 7.09. The van der Waals surface area contributed by atoms with Gasteiger partial charge in [0.25, 0.3) is 0 Å². The zero-order valence-corrected chi connectivity index (χ0v) is 10.7. The average Bonchev–Trinajstić information content (AvgIpc) is 2.91. The number of ether oxygens (including phenoxy) is 1. The number of nitrogens with one attached hydrogen (secondary N) is 1. The van der Waals surface area contributed by atoms with Crippen LogP contribution < -0.4 is 10.1 Å². The minimum Gasteiger partial charge on any atom is -0.481 e. The normalized spacial score (nSPS) is 9.94. The van der Waals surface area contributed by atoms with Gasteiger partial charge in [0.15, 0.2) is 0 Å². The van der Waals surface area contributed by atoms with Gasteiger partial charge in [-0.25, -0.2) is 0 Å². The Labute approximate surface area is 111 Å². The number of hydrogen-bond acceptors (Lipinski definition) is 4. The minimum absolute atomic E-state index is 0.297. The Morgan fingerprint density at radius 1 is 1.33 bits per heavy atom. The monoisotopic (exact) mass is 258 g/mol. The summed E-state index contributed by atoms with van der Waals surface area (Å²) in [6.07, 6.45) is 7.07. The van der Waals surface area contributed by atoms with E-state index < -0.39 is 0 Å². The van der Waals surface area contributed by atoms with Gasteiger partial charge in [0.2, 0.25) is 0 Å². The van der Waals surface area contributed by atoms with Crippen molar-refractivity contribution in [1.29, 1.82) is 0 Å². The number of rotatable bonds is 6. The molecule has 0 radical (unpaired) electrons. The summed E-state index contributed by atoms with van der Waals surface area (Å²) in [4.78, 5) is 5.26. The van der Waals surface area contributed by atoms with Crippen LogP contribution in [0.2, 0.25) is 0 Å². The molecule has 1 heterocycles. The Hall–Kier alpha value is -1.83. The van der Waals surface area contributed by atoms with Crippen LogP contribution in [0.25, 0.3) is 0 Å². The van der Waals surface area contributed by atoms with Crippen molar-refractivity contribution in [2.24, 2.45) is 0 Å². The topological polar surface area (TPSA) is 34.1 Å². The number of nitrogens with zero attached hydrogens (tertiary/aromatic N) is 1. The second kappa shape index (κ2) is 6.80. The molecule has 0 saturated heterocycles. The van der Waals surface area contributed by atoms with Gasteiger partial charge < -0.3 is 10.1 Å². The molecule has 0 amide bonds. The van der Waals surface area contributed by atoms with Crippen LogP contribution in [0, 0.1) is 12.3 Å². The lowest BCUT2D eigenvalue weighted by Gasteiger charge is -2.09. The van der Waals surface area contributed by atoms with Gasteiger partial charge in [-0.15, -0.1) is 17.8 Å². The van der Waals surface area contributed by atoms with Gasteiger partial charge in [0, 0.05) is 29.7 Å². The summed E-state index contributed by atoms with van der Waals surface area (Å²) in [7, 11) is 0. The molecule has 0 aliphatic carbocycles. The van der Waals surface area contributed by atoms with E-state index in [1.54, 1.807) is 11.3 Å². The SMILES string of the molecule is C#CCOc1ccccc1CNCc1cncs1. The number of thiazole rings is 1. The second-order valence-electron chi connectivity index (χ2n) is 3.67. The van der Waals surface area contributed by atoms with Gasteiger partial charge in [-0.05, 0) is 6.07 Å². The predicted molar refractivity (Wildman–Crippen MR) is 73.4 cm³/mol. The van der Waals surface area contributed by atoms with Crippen LogP contribution in [0.1, 0.15) is 10.4 Å². The fourth-order valence-corrected chi connectivity index (χ4v) is 2.12. The highest BCUT2D eigenvalue weighted by Crippen LogP contribution is 2.17. The molecule has 2 rings (SSSR count). The maximum absolute atomic E-state index is 5.49. The summed E-state index contributed by atoms with van der Waals surface area (Å²) in [5.74, 6) is 3.31. The summed E-state index contributed by atoms with van der Waals surface area (Å²) in [5.41, 5.74) is 2.94. The summed E-state index contributed by atoms with van der Waals surface area (Å²) >= 11 is 1.64. The molecule has 0 aliphatic heterocycles. The first-order valence-corrected chi connectivity index (χ1v) is 6.50. The van der Waals surface area contributed by atoms with Crippen LogP contribution in [0.3, 0.4) is 0 Å². The number of benzene rings is 1. The van der Waals surface area contributed by atoms with Crippen molar-refractivity contribution in [3.63, 3.8) is 0 Å². The third kappa shape index (κ3) is 3.59. The van der Waals surface area contributed by atoms with E-state index in [9.17, 15) is 0 Å². The van der Waals surface area contributed by atoms with Crippen molar-refractivity contribution >= 4 is 11.3 Å². The Bertz CT molecular complexity index is 517. The molecule has 0 aliphatic rings. The molecule has 4 heteroatoms. The maximum atomic E-state index is 5.49. The average molecular weight is 258 g/mol. The molecule has 1 aromatic carbocycles. The Morgan fingerprint density at radius 2 is 2.22 bits per heavy atom. The lowest BCUT2D eigenvalue weighted by Crippen LogP contribution is -2.12. The molecule has 3 nitrogen and oxygen atoms in total. The van der Waals surface area contributed by atoms with Crippen LogP contribution in [0.15, 0.2) is 36.0 Å². The van der Waals surface area contributed by atoms with Gasteiger partial charge in [-0.1, -0.05) is 24.1 Å². The molecule has 92 valence electrons. The first-order chi connectivity index (χ1) is 8.90. The molecule has 2 aromatic rings. The van der Waals surface area contributed by atoms with E-state index in [2.05, 4.69) is 16.2 Å². The number of para-hydroxylation sites is 1. The highest BCUT2D eigenvalue weighted by atomic mass is 32.1. The van der Waals surface area contributed by atoms with Gasteiger partial charge in [-0.2, -0.15) is 0 Å². The van der Waals surface area contributed by atoms with Gasteiger partial charge in [-0.3, -0.25) is 4.98 Å². The molecule has 0 saturated carbocycles. The number of hydrogen-bond donors (Lipinski definition) is 1. The molecule has 0 fully saturated rings. The standard InChI is InChI=1S/C14H14N2OS/c1-2-7-17-14-6-4-3-5-12(14)8-15-9-13-10-16-11-18-13/h1,3-6,10-11,15H,7-9H2. The zero-order chi connectivity index (χ0) is 12.6. The van der Waals surface area contributed by atoms with Gasteiger partial charge >= 0.3 is 0 Å². The van der Waals surface area contributed by atoms with Gasteiger partial charge in [0.1, 0.15) is 12.4 Å². The van der Waals surface area contributed by atoms with Crippen molar-refractivity contribution in [2.75, 3.05) is 6.61 Å². The number of terminal acetylenes is 1. The van der Waals surface area contributed by atoms with Crippen LogP contribution in [0.5, 0.6) is 5.75 Å². The molecule has 0 bridgehead atoms. The maximum Gasteiger partial charge on any atom is 0.148 e. The fraction of sp³-hybridized carbons (Fsp3) is 0.214. The van der Waals surface area contributed by atoms with Crippen LogP contribution in [0.4, 0.5) is 0 Å². The largest absolute Gasteiger partial charge is 0.481 e. The smallest absolute Gasteiger partial charge is 0.148 e. The Morgan fingerprint density at radius 3 is 3.00 bits per heavy atom. The molecule has 1 aromatic heterocycles. The third-order valence-corrected chi connectivity index (χ3v) is 3.16. The first-order valence-electron chi connectivity index (χ1n) is 5.62. The predicted octanol–water partition coefficient (Wildman–Crippen LogP) is 2.44. The quantitative estimate of drug-likeness (QED) is 0.808. The second-order valence-corrected chi connectivity index (χ2v) is 4.64. The summed E-state index contributed by atoms with van der Waals surface area (Å²) in [5, 5.41) is 3.36. The van der Waals surface area contributed by atoms with Crippen molar-refractivity contribution < 1.29 is 4.74 Å². The first kappa shape index (κ1) is 12.6. The molecule has 0 atom stereocenters. The summed E-state index contributed by atoms with van der Waals surface area (Å²) in [6, 6.07) is 7.90. The van der Waals surface area contributed by atoms with E-state index in [1.165, 1.54) is 4.88 Å². The molecule has 0 unspecified atom stereocenters. The number of aromatic nitrogens is 1. The van der Waals surface area contributed by atoms with Crippen molar-refractivity contribution in [1.82, 2.24) is 10.3 Å². The van der Waals surface area contributed by atoms with E-state index in [-0.39, 0.29) is 0 Å².